The number of ether oxygens (including phenoxy) is 1. The number of carbonyl (C=O) groups is 2. The lowest BCUT2D eigenvalue weighted by atomic mass is 10.1. The van der Waals surface area contributed by atoms with Crippen molar-refractivity contribution in [2.45, 2.75) is 25.4 Å². The van der Waals surface area contributed by atoms with E-state index >= 15 is 0 Å². The third-order valence-electron chi connectivity index (χ3n) is 4.59. The molecule has 29 heavy (non-hydrogen) atoms. The van der Waals surface area contributed by atoms with Crippen LogP contribution in [0, 0.1) is 0 Å². The Labute approximate surface area is 172 Å². The summed E-state index contributed by atoms with van der Waals surface area (Å²) in [5, 5.41) is 8.27. The number of benzene rings is 1. The van der Waals surface area contributed by atoms with Crippen LogP contribution >= 0.6 is 11.3 Å². The molecular weight excluding hydrogens is 390 g/mol. The average Bonchev–Trinajstić information content (AvgIpc) is 3.48. The van der Waals surface area contributed by atoms with Crippen molar-refractivity contribution >= 4 is 28.8 Å². The van der Waals surface area contributed by atoms with E-state index in [2.05, 4.69) is 15.6 Å². The highest BCUT2D eigenvalue weighted by molar-refractivity contribution is 7.13. The predicted octanol–water partition coefficient (Wildman–Crippen LogP) is 3.49. The number of thiazole rings is 1. The fourth-order valence-corrected chi connectivity index (χ4v) is 3.94. The Balaban J connectivity index is 1.37. The first kappa shape index (κ1) is 19.4. The molecule has 0 saturated carbocycles. The van der Waals surface area contributed by atoms with E-state index in [-0.39, 0.29) is 24.3 Å². The molecule has 1 atom stereocenters. The standard InChI is InChI=1S/C21H21N3O4S/c25-19(11-14-13-29-21(23-14)18-8-4-10-28-18)24-17-7-2-1-6-16(17)20(26)22-12-15-5-3-9-27-15/h1-2,4,6-8,10,13,15H,3,5,9,11-12H2,(H,22,26)(H,24,25)/t15-/m0/s1. The third kappa shape index (κ3) is 4.90. The topological polar surface area (TPSA) is 93.5 Å². The summed E-state index contributed by atoms with van der Waals surface area (Å²) in [6.45, 7) is 1.21. The smallest absolute Gasteiger partial charge is 0.253 e. The largest absolute Gasteiger partial charge is 0.462 e. The number of nitrogens with zero attached hydrogens (tertiary/aromatic N) is 1. The molecule has 0 aliphatic carbocycles. The molecule has 3 heterocycles. The predicted molar refractivity (Wildman–Crippen MR) is 110 cm³/mol. The van der Waals surface area contributed by atoms with Gasteiger partial charge in [-0.15, -0.1) is 11.3 Å². The molecule has 7 nitrogen and oxygen atoms in total. The van der Waals surface area contributed by atoms with Crippen LogP contribution in [0.5, 0.6) is 0 Å². The molecule has 1 aliphatic rings. The second kappa shape index (κ2) is 9.02. The van der Waals surface area contributed by atoms with Crippen molar-refractivity contribution in [1.29, 1.82) is 0 Å². The highest BCUT2D eigenvalue weighted by Crippen LogP contribution is 2.24. The number of hydrogen-bond acceptors (Lipinski definition) is 6. The summed E-state index contributed by atoms with van der Waals surface area (Å²) in [5.41, 5.74) is 1.55. The first-order valence-electron chi connectivity index (χ1n) is 9.46. The van der Waals surface area contributed by atoms with Gasteiger partial charge in [-0.25, -0.2) is 4.98 Å². The molecule has 1 saturated heterocycles. The van der Waals surface area contributed by atoms with Gasteiger partial charge in [-0.05, 0) is 37.1 Å². The molecule has 1 aromatic carbocycles. The maximum Gasteiger partial charge on any atom is 0.253 e. The van der Waals surface area contributed by atoms with Crippen LogP contribution in [0.25, 0.3) is 10.8 Å². The molecule has 0 spiro atoms. The van der Waals surface area contributed by atoms with Crippen LogP contribution in [0.15, 0.2) is 52.5 Å². The van der Waals surface area contributed by atoms with Crippen molar-refractivity contribution < 1.29 is 18.7 Å². The SMILES string of the molecule is O=C(Cc1csc(-c2ccco2)n1)Nc1ccccc1C(=O)NC[C@@H]1CCCO1. The molecule has 1 fully saturated rings. The van der Waals surface area contributed by atoms with E-state index < -0.39 is 0 Å². The number of amides is 2. The van der Waals surface area contributed by atoms with Crippen LogP contribution < -0.4 is 10.6 Å². The van der Waals surface area contributed by atoms with E-state index in [0.717, 1.165) is 24.5 Å². The minimum absolute atomic E-state index is 0.0636. The molecule has 2 amide bonds. The molecule has 0 radical (unpaired) electrons. The summed E-state index contributed by atoms with van der Waals surface area (Å²) in [4.78, 5) is 29.5. The molecule has 4 rings (SSSR count). The van der Waals surface area contributed by atoms with Crippen LogP contribution in [-0.4, -0.2) is 36.1 Å². The normalized spacial score (nSPS) is 15.9. The van der Waals surface area contributed by atoms with Crippen molar-refractivity contribution in [1.82, 2.24) is 10.3 Å². The molecule has 3 aromatic rings. The van der Waals surface area contributed by atoms with E-state index in [9.17, 15) is 9.59 Å². The molecule has 0 unspecified atom stereocenters. The number of para-hydroxylation sites is 1. The van der Waals surface area contributed by atoms with E-state index in [0.29, 0.717) is 29.2 Å². The number of nitrogens with one attached hydrogen (secondary N) is 2. The first-order chi connectivity index (χ1) is 14.2. The average molecular weight is 411 g/mol. The Morgan fingerprint density at radius 3 is 2.90 bits per heavy atom. The maximum absolute atomic E-state index is 12.6. The number of carbonyl (C=O) groups excluding carboxylic acids is 2. The van der Waals surface area contributed by atoms with Gasteiger partial charge < -0.3 is 19.8 Å². The quantitative estimate of drug-likeness (QED) is 0.621. The van der Waals surface area contributed by atoms with Gasteiger partial charge in [-0.3, -0.25) is 9.59 Å². The lowest BCUT2D eigenvalue weighted by molar-refractivity contribution is -0.115. The minimum Gasteiger partial charge on any atom is -0.462 e. The summed E-state index contributed by atoms with van der Waals surface area (Å²) in [6, 6.07) is 10.6. The van der Waals surface area contributed by atoms with Crippen molar-refractivity contribution in [3.8, 4) is 10.8 Å². The lowest BCUT2D eigenvalue weighted by Crippen LogP contribution is -2.32. The Bertz CT molecular complexity index is 977. The van der Waals surface area contributed by atoms with Gasteiger partial charge in [0, 0.05) is 18.5 Å². The van der Waals surface area contributed by atoms with Crippen molar-refractivity contribution in [3.05, 3.63) is 59.3 Å². The molecule has 2 N–H and O–H groups in total. The highest BCUT2D eigenvalue weighted by atomic mass is 32.1. The van der Waals surface area contributed by atoms with E-state index in [4.69, 9.17) is 9.15 Å². The van der Waals surface area contributed by atoms with Crippen LogP contribution in [0.3, 0.4) is 0 Å². The minimum atomic E-state index is -0.235. The second-order valence-corrected chi connectivity index (χ2v) is 7.59. The van der Waals surface area contributed by atoms with Crippen LogP contribution in [0.1, 0.15) is 28.9 Å². The van der Waals surface area contributed by atoms with E-state index in [1.807, 2.05) is 11.4 Å². The van der Waals surface area contributed by atoms with Gasteiger partial charge in [0.1, 0.15) is 0 Å². The molecular formula is C21H21N3O4S. The van der Waals surface area contributed by atoms with Gasteiger partial charge in [0.05, 0.1) is 35.7 Å². The van der Waals surface area contributed by atoms with Gasteiger partial charge in [0.2, 0.25) is 5.91 Å². The summed E-state index contributed by atoms with van der Waals surface area (Å²) >= 11 is 1.42. The zero-order valence-electron chi connectivity index (χ0n) is 15.7. The summed E-state index contributed by atoms with van der Waals surface area (Å²) in [7, 11) is 0. The molecule has 150 valence electrons. The monoisotopic (exact) mass is 411 g/mol. The number of hydrogen-bond donors (Lipinski definition) is 2. The second-order valence-electron chi connectivity index (χ2n) is 6.74. The molecule has 1 aliphatic heterocycles. The van der Waals surface area contributed by atoms with E-state index in [1.165, 1.54) is 11.3 Å². The number of aromatic nitrogens is 1. The maximum atomic E-state index is 12.6. The lowest BCUT2D eigenvalue weighted by Gasteiger charge is -2.13. The molecule has 0 bridgehead atoms. The Morgan fingerprint density at radius 1 is 1.21 bits per heavy atom. The fourth-order valence-electron chi connectivity index (χ4n) is 3.16. The van der Waals surface area contributed by atoms with Crippen LogP contribution in [0.4, 0.5) is 5.69 Å². The number of furan rings is 1. The van der Waals surface area contributed by atoms with Gasteiger partial charge in [-0.1, -0.05) is 12.1 Å². The number of rotatable bonds is 7. The third-order valence-corrected chi connectivity index (χ3v) is 5.49. The van der Waals surface area contributed by atoms with Gasteiger partial charge in [-0.2, -0.15) is 0 Å². The zero-order valence-corrected chi connectivity index (χ0v) is 16.5. The van der Waals surface area contributed by atoms with Gasteiger partial charge in [0.15, 0.2) is 10.8 Å². The Morgan fingerprint density at radius 2 is 2.10 bits per heavy atom. The Hall–Kier alpha value is -2.97. The van der Waals surface area contributed by atoms with Crippen molar-refractivity contribution in [2.24, 2.45) is 0 Å². The summed E-state index contributed by atoms with van der Waals surface area (Å²) < 4.78 is 10.9. The summed E-state index contributed by atoms with van der Waals surface area (Å²) in [6.07, 6.45) is 3.74. The van der Waals surface area contributed by atoms with Crippen molar-refractivity contribution in [2.75, 3.05) is 18.5 Å². The van der Waals surface area contributed by atoms with Crippen molar-refractivity contribution in [3.63, 3.8) is 0 Å². The fraction of sp³-hybridized carbons (Fsp3) is 0.286. The molecule has 2 aromatic heterocycles. The van der Waals surface area contributed by atoms with Crippen LogP contribution in [-0.2, 0) is 16.0 Å². The molecule has 8 heteroatoms. The first-order valence-corrected chi connectivity index (χ1v) is 10.3. The summed E-state index contributed by atoms with van der Waals surface area (Å²) in [5.74, 6) is 0.209. The Kier molecular flexibility index (Phi) is 6.02. The highest BCUT2D eigenvalue weighted by Gasteiger charge is 2.19. The van der Waals surface area contributed by atoms with E-state index in [1.54, 1.807) is 36.6 Å². The van der Waals surface area contributed by atoms with Gasteiger partial charge >= 0.3 is 0 Å². The zero-order chi connectivity index (χ0) is 20.1. The van der Waals surface area contributed by atoms with Gasteiger partial charge in [0.25, 0.3) is 5.91 Å². The number of anilines is 1. The van der Waals surface area contributed by atoms with Crippen LogP contribution in [0.2, 0.25) is 0 Å².